The molecule has 4 nitrogen and oxygen atoms in total. The maximum absolute atomic E-state index is 4.51. The fraction of sp³-hybridized carbons (Fsp3) is 0.714. The van der Waals surface area contributed by atoms with E-state index in [2.05, 4.69) is 54.8 Å². The Balaban J connectivity index is 3.16. The van der Waals surface area contributed by atoms with Gasteiger partial charge in [-0.15, -0.1) is 0 Å². The van der Waals surface area contributed by atoms with Crippen LogP contribution in [0.3, 0.4) is 0 Å². The predicted molar refractivity (Wildman–Crippen MR) is 78.3 cm³/mol. The Labute approximate surface area is 111 Å². The van der Waals surface area contributed by atoms with Crippen LogP contribution < -0.4 is 10.2 Å². The van der Waals surface area contributed by atoms with E-state index in [0.717, 1.165) is 37.6 Å². The van der Waals surface area contributed by atoms with Gasteiger partial charge in [-0.3, -0.25) is 0 Å². The van der Waals surface area contributed by atoms with Gasteiger partial charge in [0.25, 0.3) is 0 Å². The van der Waals surface area contributed by atoms with Crippen LogP contribution in [0.2, 0.25) is 0 Å². The van der Waals surface area contributed by atoms with Crippen molar-refractivity contribution in [3.63, 3.8) is 0 Å². The number of nitrogens with zero attached hydrogens (tertiary/aromatic N) is 3. The van der Waals surface area contributed by atoms with E-state index >= 15 is 0 Å². The average molecular weight is 250 g/mol. The van der Waals surface area contributed by atoms with Crippen LogP contribution in [0.4, 0.5) is 11.6 Å². The Morgan fingerprint density at radius 2 is 1.94 bits per heavy atom. The highest BCUT2D eigenvalue weighted by Crippen LogP contribution is 2.25. The summed E-state index contributed by atoms with van der Waals surface area (Å²) in [6, 6.07) is 0.504. The van der Waals surface area contributed by atoms with Gasteiger partial charge in [-0.1, -0.05) is 13.8 Å². The van der Waals surface area contributed by atoms with E-state index in [1.807, 2.05) is 0 Å². The zero-order valence-electron chi connectivity index (χ0n) is 12.3. The van der Waals surface area contributed by atoms with Crippen LogP contribution in [-0.4, -0.2) is 29.1 Å². The first-order valence-corrected chi connectivity index (χ1v) is 7.03. The molecule has 4 heteroatoms. The van der Waals surface area contributed by atoms with Crippen molar-refractivity contribution in [2.24, 2.45) is 0 Å². The van der Waals surface area contributed by atoms with Gasteiger partial charge in [0.05, 0.1) is 0 Å². The molecule has 0 radical (unpaired) electrons. The number of nitrogens with one attached hydrogen (secondary N) is 1. The minimum atomic E-state index is 0.504. The van der Waals surface area contributed by atoms with Crippen molar-refractivity contribution in [3.05, 3.63) is 11.9 Å². The molecule has 0 saturated heterocycles. The maximum atomic E-state index is 4.51. The lowest BCUT2D eigenvalue weighted by molar-refractivity contribution is 0.619. The summed E-state index contributed by atoms with van der Waals surface area (Å²) in [6.45, 7) is 12.8. The molecule has 0 aliphatic carbocycles. The molecule has 1 heterocycles. The third-order valence-electron chi connectivity index (χ3n) is 3.36. The van der Waals surface area contributed by atoms with E-state index in [9.17, 15) is 0 Å². The Hall–Kier alpha value is -1.32. The smallest absolute Gasteiger partial charge is 0.137 e. The van der Waals surface area contributed by atoms with Gasteiger partial charge in [-0.05, 0) is 33.6 Å². The minimum Gasteiger partial charge on any atom is -0.370 e. The SMILES string of the molecule is CCNc1ncnc(N(CC)C(C)CC)c1CC. The lowest BCUT2D eigenvalue weighted by Crippen LogP contribution is -2.34. The molecule has 0 aliphatic heterocycles. The molecule has 0 amide bonds. The Bertz CT molecular complexity index is 365. The number of aromatic nitrogens is 2. The molecule has 0 spiro atoms. The Morgan fingerprint density at radius 1 is 1.22 bits per heavy atom. The van der Waals surface area contributed by atoms with Crippen LogP contribution in [0.5, 0.6) is 0 Å². The molecule has 102 valence electrons. The second-order valence-corrected chi connectivity index (χ2v) is 4.45. The second kappa shape index (κ2) is 7.19. The fourth-order valence-electron chi connectivity index (χ4n) is 2.19. The van der Waals surface area contributed by atoms with Gasteiger partial charge in [0.2, 0.25) is 0 Å². The summed E-state index contributed by atoms with van der Waals surface area (Å²) in [5.41, 5.74) is 1.22. The van der Waals surface area contributed by atoms with Crippen LogP contribution in [-0.2, 0) is 6.42 Å². The molecule has 1 N–H and O–H groups in total. The summed E-state index contributed by atoms with van der Waals surface area (Å²) < 4.78 is 0. The molecule has 0 saturated carbocycles. The van der Waals surface area contributed by atoms with Crippen molar-refractivity contribution in [1.29, 1.82) is 0 Å². The number of hydrogen-bond donors (Lipinski definition) is 1. The molecular formula is C14H26N4. The highest BCUT2D eigenvalue weighted by Gasteiger charge is 2.18. The molecule has 0 aromatic carbocycles. The van der Waals surface area contributed by atoms with Crippen LogP contribution in [0.1, 0.15) is 46.6 Å². The summed E-state index contributed by atoms with van der Waals surface area (Å²) in [4.78, 5) is 11.2. The molecule has 0 aliphatic rings. The van der Waals surface area contributed by atoms with E-state index in [1.165, 1.54) is 5.56 Å². The van der Waals surface area contributed by atoms with Crippen LogP contribution >= 0.6 is 0 Å². The molecule has 0 bridgehead atoms. The first kappa shape index (κ1) is 14.7. The van der Waals surface area contributed by atoms with Gasteiger partial charge < -0.3 is 10.2 Å². The van der Waals surface area contributed by atoms with Crippen molar-refractivity contribution < 1.29 is 0 Å². The van der Waals surface area contributed by atoms with Crippen LogP contribution in [0.25, 0.3) is 0 Å². The molecule has 1 aromatic rings. The monoisotopic (exact) mass is 250 g/mol. The molecule has 1 aromatic heterocycles. The Kier molecular flexibility index (Phi) is 5.89. The van der Waals surface area contributed by atoms with Gasteiger partial charge in [0.1, 0.15) is 18.0 Å². The lowest BCUT2D eigenvalue weighted by atomic mass is 10.1. The van der Waals surface area contributed by atoms with E-state index in [-0.39, 0.29) is 0 Å². The standard InChI is InChI=1S/C14H26N4/c1-6-11(5)18(9-4)14-12(7-2)13(15-8-3)16-10-17-14/h10-11H,6-9H2,1-5H3,(H,15,16,17). The maximum Gasteiger partial charge on any atom is 0.137 e. The van der Waals surface area contributed by atoms with E-state index < -0.39 is 0 Å². The zero-order valence-corrected chi connectivity index (χ0v) is 12.3. The summed E-state index contributed by atoms with van der Waals surface area (Å²) in [7, 11) is 0. The topological polar surface area (TPSA) is 41.1 Å². The fourth-order valence-corrected chi connectivity index (χ4v) is 2.19. The van der Waals surface area contributed by atoms with Crippen LogP contribution in [0, 0.1) is 0 Å². The van der Waals surface area contributed by atoms with E-state index in [1.54, 1.807) is 6.33 Å². The van der Waals surface area contributed by atoms with Crippen LogP contribution in [0.15, 0.2) is 6.33 Å². The first-order valence-electron chi connectivity index (χ1n) is 7.03. The van der Waals surface area contributed by atoms with Crippen molar-refractivity contribution in [2.45, 2.75) is 53.5 Å². The van der Waals surface area contributed by atoms with Gasteiger partial charge in [0.15, 0.2) is 0 Å². The van der Waals surface area contributed by atoms with Crippen molar-refractivity contribution >= 4 is 11.6 Å². The quantitative estimate of drug-likeness (QED) is 0.807. The first-order chi connectivity index (χ1) is 8.69. The summed E-state index contributed by atoms with van der Waals surface area (Å²) >= 11 is 0. The second-order valence-electron chi connectivity index (χ2n) is 4.45. The van der Waals surface area contributed by atoms with E-state index in [0.29, 0.717) is 6.04 Å². The van der Waals surface area contributed by atoms with Crippen molar-refractivity contribution in [2.75, 3.05) is 23.3 Å². The molecular weight excluding hydrogens is 224 g/mol. The summed E-state index contributed by atoms with van der Waals surface area (Å²) in [5, 5.41) is 3.33. The van der Waals surface area contributed by atoms with E-state index in [4.69, 9.17) is 0 Å². The minimum absolute atomic E-state index is 0.504. The molecule has 0 fully saturated rings. The predicted octanol–water partition coefficient (Wildman–Crippen LogP) is 3.10. The van der Waals surface area contributed by atoms with Crippen molar-refractivity contribution in [3.8, 4) is 0 Å². The van der Waals surface area contributed by atoms with Gasteiger partial charge in [0, 0.05) is 24.7 Å². The lowest BCUT2D eigenvalue weighted by Gasteiger charge is -2.30. The van der Waals surface area contributed by atoms with Gasteiger partial charge >= 0.3 is 0 Å². The Morgan fingerprint density at radius 3 is 2.44 bits per heavy atom. The summed E-state index contributed by atoms with van der Waals surface area (Å²) in [6.07, 6.45) is 3.74. The number of rotatable bonds is 7. The van der Waals surface area contributed by atoms with Gasteiger partial charge in [-0.25, -0.2) is 9.97 Å². The average Bonchev–Trinajstić information content (AvgIpc) is 2.40. The molecule has 1 atom stereocenters. The molecule has 1 rings (SSSR count). The normalized spacial score (nSPS) is 12.3. The molecule has 1 unspecified atom stereocenters. The number of hydrogen-bond acceptors (Lipinski definition) is 4. The molecule has 18 heavy (non-hydrogen) atoms. The largest absolute Gasteiger partial charge is 0.370 e. The summed E-state index contributed by atoms with van der Waals surface area (Å²) in [5.74, 6) is 2.06. The highest BCUT2D eigenvalue weighted by molar-refractivity contribution is 5.59. The third kappa shape index (κ3) is 3.12. The van der Waals surface area contributed by atoms with Crippen molar-refractivity contribution in [1.82, 2.24) is 9.97 Å². The van der Waals surface area contributed by atoms with Gasteiger partial charge in [-0.2, -0.15) is 0 Å². The zero-order chi connectivity index (χ0) is 13.5. The highest BCUT2D eigenvalue weighted by atomic mass is 15.2. The number of anilines is 2. The third-order valence-corrected chi connectivity index (χ3v) is 3.36.